The van der Waals surface area contributed by atoms with Gasteiger partial charge in [0.25, 0.3) is 5.56 Å². The van der Waals surface area contributed by atoms with E-state index >= 15 is 0 Å². The van der Waals surface area contributed by atoms with E-state index in [1.807, 2.05) is 12.3 Å². The van der Waals surface area contributed by atoms with Crippen LogP contribution in [0.5, 0.6) is 0 Å². The van der Waals surface area contributed by atoms with Crippen molar-refractivity contribution in [1.82, 2.24) is 9.38 Å². The summed E-state index contributed by atoms with van der Waals surface area (Å²) >= 11 is 2.89. The van der Waals surface area contributed by atoms with Crippen molar-refractivity contribution in [3.8, 4) is 0 Å². The van der Waals surface area contributed by atoms with E-state index in [-0.39, 0.29) is 12.2 Å². The number of aliphatic hydroxyl groups excluding tert-OH is 2. The lowest BCUT2D eigenvalue weighted by Crippen LogP contribution is -2.16. The fourth-order valence-electron chi connectivity index (χ4n) is 1.53. The molecule has 2 aromatic rings. The number of aromatic nitrogens is 2. The maximum atomic E-state index is 11.9. The molecule has 2 N–H and O–H groups in total. The Kier molecular flexibility index (Phi) is 4.39. The number of aliphatic hydroxyl groups is 2. The number of thioether (sulfide) groups is 1. The Morgan fingerprint density at radius 2 is 2.39 bits per heavy atom. The Bertz CT molecular complexity index is 593. The van der Waals surface area contributed by atoms with Crippen LogP contribution in [0.25, 0.3) is 4.96 Å². The molecule has 0 saturated heterocycles. The normalized spacial score (nSPS) is 13.1. The zero-order chi connectivity index (χ0) is 13.1. The average Bonchev–Trinajstić information content (AvgIpc) is 2.71. The molecule has 18 heavy (non-hydrogen) atoms. The molecule has 0 saturated carbocycles. The summed E-state index contributed by atoms with van der Waals surface area (Å²) in [4.78, 5) is 17.0. The third-order valence-electron chi connectivity index (χ3n) is 2.40. The summed E-state index contributed by atoms with van der Waals surface area (Å²) in [6, 6.07) is 1.52. The molecule has 2 heterocycles. The monoisotopic (exact) mass is 286 g/mol. The highest BCUT2D eigenvalue weighted by atomic mass is 32.2. The van der Waals surface area contributed by atoms with Gasteiger partial charge in [-0.2, -0.15) is 11.8 Å². The molecule has 0 aromatic carbocycles. The van der Waals surface area contributed by atoms with E-state index in [0.717, 1.165) is 5.69 Å². The van der Waals surface area contributed by atoms with Crippen molar-refractivity contribution in [3.05, 3.63) is 33.2 Å². The maximum absolute atomic E-state index is 11.9. The topological polar surface area (TPSA) is 74.8 Å². The van der Waals surface area contributed by atoms with E-state index in [9.17, 15) is 9.90 Å². The number of hydrogen-bond acceptors (Lipinski definition) is 6. The Balaban J connectivity index is 2.13. The van der Waals surface area contributed by atoms with Gasteiger partial charge in [-0.15, -0.1) is 11.3 Å². The Morgan fingerprint density at radius 3 is 3.11 bits per heavy atom. The summed E-state index contributed by atoms with van der Waals surface area (Å²) in [6.45, 7) is 1.63. The van der Waals surface area contributed by atoms with Crippen LogP contribution in [0, 0.1) is 6.92 Å². The molecule has 2 aromatic heterocycles. The first kappa shape index (κ1) is 13.5. The summed E-state index contributed by atoms with van der Waals surface area (Å²) in [7, 11) is 0. The van der Waals surface area contributed by atoms with Crippen LogP contribution in [-0.4, -0.2) is 38.1 Å². The van der Waals surface area contributed by atoms with Crippen molar-refractivity contribution in [1.29, 1.82) is 0 Å². The van der Waals surface area contributed by atoms with Crippen LogP contribution in [0.15, 0.2) is 16.2 Å². The zero-order valence-corrected chi connectivity index (χ0v) is 11.5. The molecular weight excluding hydrogens is 272 g/mol. The van der Waals surface area contributed by atoms with Gasteiger partial charge in [-0.05, 0) is 6.92 Å². The average molecular weight is 286 g/mol. The number of aryl methyl sites for hydroxylation is 1. The van der Waals surface area contributed by atoms with E-state index in [1.54, 1.807) is 4.40 Å². The molecule has 0 amide bonds. The second kappa shape index (κ2) is 5.83. The molecule has 2 rings (SSSR count). The largest absolute Gasteiger partial charge is 0.394 e. The van der Waals surface area contributed by atoms with E-state index in [1.165, 1.54) is 29.2 Å². The fraction of sp³-hybridized carbons (Fsp3) is 0.455. The van der Waals surface area contributed by atoms with E-state index < -0.39 is 6.10 Å². The molecule has 7 heteroatoms. The van der Waals surface area contributed by atoms with Crippen molar-refractivity contribution in [3.63, 3.8) is 0 Å². The summed E-state index contributed by atoms with van der Waals surface area (Å²) in [5.74, 6) is 0.987. The quantitative estimate of drug-likeness (QED) is 0.844. The van der Waals surface area contributed by atoms with Crippen molar-refractivity contribution in [2.24, 2.45) is 0 Å². The molecule has 1 unspecified atom stereocenters. The SMILES string of the molecule is Cc1csc2nc(CSCC(O)CO)cc(=O)n12. The predicted molar refractivity (Wildman–Crippen MR) is 73.3 cm³/mol. The summed E-state index contributed by atoms with van der Waals surface area (Å²) in [5.41, 5.74) is 1.52. The molecule has 1 atom stereocenters. The minimum Gasteiger partial charge on any atom is -0.394 e. The minimum absolute atomic E-state index is 0.0722. The molecule has 5 nitrogen and oxygen atoms in total. The lowest BCUT2D eigenvalue weighted by atomic mass is 10.4. The summed E-state index contributed by atoms with van der Waals surface area (Å²) < 4.78 is 1.58. The highest BCUT2D eigenvalue weighted by Crippen LogP contribution is 2.15. The standard InChI is InChI=1S/C11H14N2O3S2/c1-7-4-18-11-12-8(2-10(16)13(7)11)5-17-6-9(15)3-14/h2,4,9,14-15H,3,5-6H2,1H3. The van der Waals surface area contributed by atoms with Crippen LogP contribution in [0.4, 0.5) is 0 Å². The van der Waals surface area contributed by atoms with Crippen LogP contribution in [0.2, 0.25) is 0 Å². The smallest absolute Gasteiger partial charge is 0.258 e. The highest BCUT2D eigenvalue weighted by Gasteiger charge is 2.07. The molecular formula is C11H14N2O3S2. The van der Waals surface area contributed by atoms with Gasteiger partial charge in [-0.3, -0.25) is 9.20 Å². The van der Waals surface area contributed by atoms with E-state index in [0.29, 0.717) is 22.2 Å². The van der Waals surface area contributed by atoms with Crippen molar-refractivity contribution >= 4 is 28.1 Å². The number of rotatable bonds is 5. The van der Waals surface area contributed by atoms with Gasteiger partial charge in [0.15, 0.2) is 4.96 Å². The Hall–Kier alpha value is -0.890. The molecule has 0 bridgehead atoms. The Labute approximate surface area is 112 Å². The predicted octanol–water partition coefficient (Wildman–Crippen LogP) is 0.651. The third kappa shape index (κ3) is 2.92. The summed E-state index contributed by atoms with van der Waals surface area (Å²) in [6.07, 6.45) is -0.719. The number of nitrogens with zero attached hydrogens (tertiary/aromatic N) is 2. The van der Waals surface area contributed by atoms with Gasteiger partial charge < -0.3 is 10.2 Å². The minimum atomic E-state index is -0.719. The second-order valence-electron chi connectivity index (χ2n) is 3.93. The number of fused-ring (bicyclic) bond motifs is 1. The highest BCUT2D eigenvalue weighted by molar-refractivity contribution is 7.98. The number of hydrogen-bond donors (Lipinski definition) is 2. The lowest BCUT2D eigenvalue weighted by molar-refractivity contribution is 0.113. The zero-order valence-electron chi connectivity index (χ0n) is 9.87. The lowest BCUT2D eigenvalue weighted by Gasteiger charge is -2.06. The Morgan fingerprint density at radius 1 is 1.61 bits per heavy atom. The van der Waals surface area contributed by atoms with Crippen LogP contribution in [0.1, 0.15) is 11.4 Å². The van der Waals surface area contributed by atoms with Crippen molar-refractivity contribution in [2.75, 3.05) is 12.4 Å². The van der Waals surface area contributed by atoms with Crippen LogP contribution < -0.4 is 5.56 Å². The van der Waals surface area contributed by atoms with Gasteiger partial charge >= 0.3 is 0 Å². The molecule has 0 fully saturated rings. The first-order valence-corrected chi connectivity index (χ1v) is 7.48. The van der Waals surface area contributed by atoms with Gasteiger partial charge in [0.1, 0.15) is 0 Å². The van der Waals surface area contributed by atoms with Crippen LogP contribution in [0.3, 0.4) is 0 Å². The number of thiazole rings is 1. The van der Waals surface area contributed by atoms with Gasteiger partial charge in [0.05, 0.1) is 18.4 Å². The molecule has 0 aliphatic carbocycles. The molecule has 0 spiro atoms. The van der Waals surface area contributed by atoms with Gasteiger partial charge in [-0.25, -0.2) is 4.98 Å². The van der Waals surface area contributed by atoms with Crippen LogP contribution >= 0.6 is 23.1 Å². The van der Waals surface area contributed by atoms with Gasteiger partial charge in [0, 0.05) is 28.6 Å². The van der Waals surface area contributed by atoms with E-state index in [2.05, 4.69) is 4.98 Å². The second-order valence-corrected chi connectivity index (χ2v) is 5.80. The molecule has 0 radical (unpaired) electrons. The molecule has 0 aliphatic heterocycles. The first-order chi connectivity index (χ1) is 8.61. The maximum Gasteiger partial charge on any atom is 0.258 e. The molecule has 0 aliphatic rings. The molecule has 98 valence electrons. The first-order valence-electron chi connectivity index (χ1n) is 5.45. The third-order valence-corrected chi connectivity index (χ3v) is 4.46. The fourth-order valence-corrected chi connectivity index (χ4v) is 3.27. The summed E-state index contributed by atoms with van der Waals surface area (Å²) in [5, 5.41) is 19.8. The van der Waals surface area contributed by atoms with Gasteiger partial charge in [0.2, 0.25) is 0 Å². The van der Waals surface area contributed by atoms with Crippen molar-refractivity contribution < 1.29 is 10.2 Å². The van der Waals surface area contributed by atoms with E-state index in [4.69, 9.17) is 5.11 Å². The van der Waals surface area contributed by atoms with Gasteiger partial charge in [-0.1, -0.05) is 0 Å². The van der Waals surface area contributed by atoms with Crippen molar-refractivity contribution in [2.45, 2.75) is 18.8 Å². The van der Waals surface area contributed by atoms with Crippen LogP contribution in [-0.2, 0) is 5.75 Å².